The summed E-state index contributed by atoms with van der Waals surface area (Å²) in [6.07, 6.45) is 0.661. The predicted molar refractivity (Wildman–Crippen MR) is 128 cm³/mol. The summed E-state index contributed by atoms with van der Waals surface area (Å²) in [5, 5.41) is 2.83. The number of benzene rings is 3. The molecule has 1 heterocycles. The maximum absolute atomic E-state index is 13.1. The molecule has 3 aromatic rings. The Morgan fingerprint density at radius 2 is 1.82 bits per heavy atom. The number of ether oxygens (including phenoxy) is 2. The third kappa shape index (κ3) is 5.07. The molecule has 172 valence electrons. The molecule has 1 aliphatic rings. The van der Waals surface area contributed by atoms with Gasteiger partial charge in [0.1, 0.15) is 11.5 Å². The van der Waals surface area contributed by atoms with Crippen molar-refractivity contribution >= 4 is 38.9 Å². The van der Waals surface area contributed by atoms with Gasteiger partial charge in [0.2, 0.25) is 0 Å². The summed E-state index contributed by atoms with van der Waals surface area (Å²) in [6, 6.07) is 18.6. The SMILES string of the molecule is CCOc1ccc(NC(=O)COc2ccc(S(=O)(=O)N3CCc4ccccc43)cc2Cl)cc1. The van der Waals surface area contributed by atoms with Crippen LogP contribution in [0.3, 0.4) is 0 Å². The van der Waals surface area contributed by atoms with Crippen molar-refractivity contribution in [1.29, 1.82) is 0 Å². The summed E-state index contributed by atoms with van der Waals surface area (Å²) < 4.78 is 38.6. The van der Waals surface area contributed by atoms with Crippen molar-refractivity contribution in [2.75, 3.05) is 29.4 Å². The smallest absolute Gasteiger partial charge is 0.264 e. The van der Waals surface area contributed by atoms with Gasteiger partial charge < -0.3 is 14.8 Å². The molecule has 0 atom stereocenters. The van der Waals surface area contributed by atoms with Crippen LogP contribution in [-0.4, -0.2) is 34.1 Å². The number of nitrogens with one attached hydrogen (secondary N) is 1. The summed E-state index contributed by atoms with van der Waals surface area (Å²) in [6.45, 7) is 2.55. The lowest BCUT2D eigenvalue weighted by Crippen LogP contribution is -2.29. The Morgan fingerprint density at radius 1 is 1.06 bits per heavy atom. The van der Waals surface area contributed by atoms with E-state index in [4.69, 9.17) is 21.1 Å². The zero-order valence-electron chi connectivity index (χ0n) is 18.0. The van der Waals surface area contributed by atoms with Crippen LogP contribution in [0, 0.1) is 0 Å². The van der Waals surface area contributed by atoms with Crippen molar-refractivity contribution in [1.82, 2.24) is 0 Å². The van der Waals surface area contributed by atoms with E-state index in [0.717, 1.165) is 5.56 Å². The standard InChI is InChI=1S/C24H23ClN2O5S/c1-2-31-19-9-7-18(8-10-19)26-24(28)16-32-23-12-11-20(15-21(23)25)33(29,30)27-14-13-17-5-3-4-6-22(17)27/h3-12,15H,2,13-14,16H2,1H3,(H,26,28). The second-order valence-corrected chi connectivity index (χ2v) is 9.61. The zero-order chi connectivity index (χ0) is 23.4. The number of sulfonamides is 1. The number of hydrogen-bond acceptors (Lipinski definition) is 5. The van der Waals surface area contributed by atoms with Crippen LogP contribution >= 0.6 is 11.6 Å². The van der Waals surface area contributed by atoms with Crippen LogP contribution in [0.2, 0.25) is 5.02 Å². The molecule has 3 aromatic carbocycles. The van der Waals surface area contributed by atoms with Crippen LogP contribution in [0.15, 0.2) is 71.6 Å². The van der Waals surface area contributed by atoms with Gasteiger partial charge in [0.15, 0.2) is 6.61 Å². The summed E-state index contributed by atoms with van der Waals surface area (Å²) >= 11 is 6.28. The highest BCUT2D eigenvalue weighted by Gasteiger charge is 2.31. The number of carbonyl (C=O) groups is 1. The van der Waals surface area contributed by atoms with Gasteiger partial charge in [-0.1, -0.05) is 29.8 Å². The maximum Gasteiger partial charge on any atom is 0.264 e. The average Bonchev–Trinajstić information content (AvgIpc) is 3.25. The molecule has 0 spiro atoms. The molecule has 1 amide bonds. The average molecular weight is 487 g/mol. The molecule has 1 N–H and O–H groups in total. The van der Waals surface area contributed by atoms with Gasteiger partial charge in [0.25, 0.3) is 15.9 Å². The number of para-hydroxylation sites is 1. The topological polar surface area (TPSA) is 84.9 Å². The molecule has 9 heteroatoms. The first kappa shape index (κ1) is 22.9. The van der Waals surface area contributed by atoms with E-state index < -0.39 is 10.0 Å². The van der Waals surface area contributed by atoms with Crippen molar-refractivity contribution in [3.05, 3.63) is 77.3 Å². The molecule has 0 aromatic heterocycles. The molecule has 33 heavy (non-hydrogen) atoms. The number of carbonyl (C=O) groups excluding carboxylic acids is 1. The normalized spacial score (nSPS) is 12.8. The van der Waals surface area contributed by atoms with E-state index in [1.165, 1.54) is 22.5 Å². The van der Waals surface area contributed by atoms with Gasteiger partial charge in [-0.3, -0.25) is 9.10 Å². The van der Waals surface area contributed by atoms with Crippen LogP contribution in [0.4, 0.5) is 11.4 Å². The Kier molecular flexibility index (Phi) is 6.76. The van der Waals surface area contributed by atoms with Crippen molar-refractivity contribution in [2.24, 2.45) is 0 Å². The van der Waals surface area contributed by atoms with Crippen LogP contribution in [0.5, 0.6) is 11.5 Å². The first-order valence-electron chi connectivity index (χ1n) is 10.4. The van der Waals surface area contributed by atoms with E-state index in [0.29, 0.717) is 36.7 Å². The Balaban J connectivity index is 1.40. The van der Waals surface area contributed by atoms with E-state index in [1.807, 2.05) is 25.1 Å². The summed E-state index contributed by atoms with van der Waals surface area (Å²) in [5.41, 5.74) is 2.27. The van der Waals surface area contributed by atoms with Gasteiger partial charge in [-0.2, -0.15) is 0 Å². The lowest BCUT2D eigenvalue weighted by atomic mass is 10.2. The van der Waals surface area contributed by atoms with E-state index in [2.05, 4.69) is 5.32 Å². The fourth-order valence-electron chi connectivity index (χ4n) is 3.59. The Morgan fingerprint density at radius 3 is 2.55 bits per heavy atom. The van der Waals surface area contributed by atoms with Crippen molar-refractivity contribution in [2.45, 2.75) is 18.2 Å². The minimum Gasteiger partial charge on any atom is -0.494 e. The van der Waals surface area contributed by atoms with Gasteiger partial charge in [-0.15, -0.1) is 0 Å². The second kappa shape index (κ2) is 9.72. The largest absolute Gasteiger partial charge is 0.494 e. The molecule has 0 radical (unpaired) electrons. The van der Waals surface area contributed by atoms with E-state index >= 15 is 0 Å². The van der Waals surface area contributed by atoms with E-state index in [1.54, 1.807) is 30.3 Å². The summed E-state index contributed by atoms with van der Waals surface area (Å²) in [4.78, 5) is 12.3. The highest BCUT2D eigenvalue weighted by Crippen LogP contribution is 2.35. The molecule has 1 aliphatic heterocycles. The zero-order valence-corrected chi connectivity index (χ0v) is 19.5. The van der Waals surface area contributed by atoms with Gasteiger partial charge in [-0.25, -0.2) is 8.42 Å². The second-order valence-electron chi connectivity index (χ2n) is 7.34. The number of anilines is 2. The lowest BCUT2D eigenvalue weighted by molar-refractivity contribution is -0.118. The first-order chi connectivity index (χ1) is 15.9. The van der Waals surface area contributed by atoms with Crippen LogP contribution in [0.25, 0.3) is 0 Å². The van der Waals surface area contributed by atoms with Gasteiger partial charge in [-0.05, 0) is 67.4 Å². The monoisotopic (exact) mass is 486 g/mol. The highest BCUT2D eigenvalue weighted by atomic mass is 35.5. The lowest BCUT2D eigenvalue weighted by Gasteiger charge is -2.20. The van der Waals surface area contributed by atoms with Crippen LogP contribution < -0.4 is 19.1 Å². The molecule has 0 saturated carbocycles. The minimum absolute atomic E-state index is 0.0652. The molecule has 0 saturated heterocycles. The molecule has 0 unspecified atom stereocenters. The Bertz CT molecular complexity index is 1260. The molecule has 0 bridgehead atoms. The maximum atomic E-state index is 13.1. The Labute approximate surface area is 197 Å². The third-order valence-electron chi connectivity index (χ3n) is 5.14. The van der Waals surface area contributed by atoms with Gasteiger partial charge in [0.05, 0.1) is 22.2 Å². The quantitative estimate of drug-likeness (QED) is 0.506. The van der Waals surface area contributed by atoms with Gasteiger partial charge >= 0.3 is 0 Å². The molecule has 0 fully saturated rings. The van der Waals surface area contributed by atoms with E-state index in [-0.39, 0.29) is 28.2 Å². The third-order valence-corrected chi connectivity index (χ3v) is 7.25. The number of halogens is 1. The number of rotatable bonds is 8. The van der Waals surface area contributed by atoms with Crippen LogP contribution in [-0.2, 0) is 21.2 Å². The fraction of sp³-hybridized carbons (Fsp3) is 0.208. The van der Waals surface area contributed by atoms with Crippen molar-refractivity contribution in [3.8, 4) is 11.5 Å². The Hall–Kier alpha value is -3.23. The van der Waals surface area contributed by atoms with Crippen molar-refractivity contribution in [3.63, 3.8) is 0 Å². The first-order valence-corrected chi connectivity index (χ1v) is 12.3. The molecular formula is C24H23ClN2O5S. The number of amides is 1. The van der Waals surface area contributed by atoms with Crippen LogP contribution in [0.1, 0.15) is 12.5 Å². The summed E-state index contributed by atoms with van der Waals surface area (Å²) in [7, 11) is -3.77. The van der Waals surface area contributed by atoms with Crippen molar-refractivity contribution < 1.29 is 22.7 Å². The highest BCUT2D eigenvalue weighted by molar-refractivity contribution is 7.92. The molecular weight excluding hydrogens is 464 g/mol. The van der Waals surface area contributed by atoms with Gasteiger partial charge in [0, 0.05) is 12.2 Å². The predicted octanol–water partition coefficient (Wildman–Crippen LogP) is 4.51. The molecule has 4 rings (SSSR count). The molecule has 0 aliphatic carbocycles. The number of nitrogens with zero attached hydrogens (tertiary/aromatic N) is 1. The molecule has 7 nitrogen and oxygen atoms in total. The summed E-state index contributed by atoms with van der Waals surface area (Å²) in [5.74, 6) is 0.561. The van der Waals surface area contributed by atoms with E-state index in [9.17, 15) is 13.2 Å². The minimum atomic E-state index is -3.77. The fourth-order valence-corrected chi connectivity index (χ4v) is 5.42. The number of fused-ring (bicyclic) bond motifs is 1. The number of hydrogen-bond donors (Lipinski definition) is 1.